The molecule has 1 saturated heterocycles. The highest BCUT2D eigenvalue weighted by Crippen LogP contribution is 2.34. The number of hydrogen-bond acceptors (Lipinski definition) is 4. The fraction of sp³-hybridized carbons (Fsp3) is 0.364. The Hall–Kier alpha value is -3.09. The number of benzene rings is 2. The number of nitrogens with one attached hydrogen (secondary N) is 1. The van der Waals surface area contributed by atoms with Crippen LogP contribution in [0.3, 0.4) is 0 Å². The molecule has 7 heteroatoms. The minimum Gasteiger partial charge on any atom is -0.454 e. The summed E-state index contributed by atoms with van der Waals surface area (Å²) < 4.78 is 23.8. The van der Waals surface area contributed by atoms with Crippen LogP contribution in [0.1, 0.15) is 24.8 Å². The van der Waals surface area contributed by atoms with Gasteiger partial charge in [-0.05, 0) is 49.1 Å². The van der Waals surface area contributed by atoms with Gasteiger partial charge in [0.05, 0.1) is 0 Å². The number of nitrogens with zero attached hydrogens (tertiary/aromatic N) is 1. The van der Waals surface area contributed by atoms with Crippen molar-refractivity contribution in [2.45, 2.75) is 25.7 Å². The maximum Gasteiger partial charge on any atom is 0.231 e. The number of fused-ring (bicyclic) bond motifs is 1. The second kappa shape index (κ2) is 8.51. The van der Waals surface area contributed by atoms with Crippen LogP contribution in [0.25, 0.3) is 0 Å². The maximum absolute atomic E-state index is 13.2. The van der Waals surface area contributed by atoms with Crippen molar-refractivity contribution in [1.82, 2.24) is 4.90 Å². The fourth-order valence-electron chi connectivity index (χ4n) is 3.71. The number of ether oxygens (including phenoxy) is 2. The van der Waals surface area contributed by atoms with E-state index in [0.717, 1.165) is 5.56 Å². The summed E-state index contributed by atoms with van der Waals surface area (Å²) in [6.07, 6.45) is 2.11. The van der Waals surface area contributed by atoms with E-state index in [-0.39, 0.29) is 30.3 Å². The Kier molecular flexibility index (Phi) is 5.64. The molecule has 0 bridgehead atoms. The zero-order chi connectivity index (χ0) is 20.2. The van der Waals surface area contributed by atoms with Crippen molar-refractivity contribution in [1.29, 1.82) is 0 Å². The number of likely N-dealkylation sites (tertiary alicyclic amines) is 1. The Labute approximate surface area is 168 Å². The normalized spacial score (nSPS) is 16.0. The first-order valence-corrected chi connectivity index (χ1v) is 9.81. The molecule has 4 rings (SSSR count). The summed E-state index contributed by atoms with van der Waals surface area (Å²) in [6, 6.07) is 11.6. The molecule has 6 nitrogen and oxygen atoms in total. The highest BCUT2D eigenvalue weighted by Gasteiger charge is 2.27. The first-order valence-electron chi connectivity index (χ1n) is 9.81. The van der Waals surface area contributed by atoms with Crippen LogP contribution in [0, 0.1) is 11.7 Å². The van der Waals surface area contributed by atoms with Gasteiger partial charge in [0.2, 0.25) is 18.6 Å². The number of carbonyl (C=O) groups excluding carboxylic acids is 2. The third kappa shape index (κ3) is 4.67. The highest BCUT2D eigenvalue weighted by atomic mass is 19.1. The number of amides is 2. The van der Waals surface area contributed by atoms with E-state index in [9.17, 15) is 14.0 Å². The maximum atomic E-state index is 13.2. The summed E-state index contributed by atoms with van der Waals surface area (Å²) in [4.78, 5) is 26.8. The molecule has 0 saturated carbocycles. The van der Waals surface area contributed by atoms with E-state index < -0.39 is 0 Å². The lowest BCUT2D eigenvalue weighted by atomic mass is 9.95. The van der Waals surface area contributed by atoms with Crippen molar-refractivity contribution in [2.24, 2.45) is 5.92 Å². The summed E-state index contributed by atoms with van der Waals surface area (Å²) in [6.45, 7) is 1.31. The van der Waals surface area contributed by atoms with Crippen molar-refractivity contribution in [3.63, 3.8) is 0 Å². The largest absolute Gasteiger partial charge is 0.454 e. The second-order valence-electron chi connectivity index (χ2n) is 7.34. The zero-order valence-electron chi connectivity index (χ0n) is 16.0. The molecule has 0 unspecified atom stereocenters. The van der Waals surface area contributed by atoms with Crippen LogP contribution in [0.2, 0.25) is 0 Å². The molecule has 1 N–H and O–H groups in total. The van der Waals surface area contributed by atoms with Crippen LogP contribution in [-0.2, 0) is 16.0 Å². The van der Waals surface area contributed by atoms with E-state index in [4.69, 9.17) is 9.47 Å². The van der Waals surface area contributed by atoms with Crippen LogP contribution in [0.5, 0.6) is 11.5 Å². The topological polar surface area (TPSA) is 67.9 Å². The van der Waals surface area contributed by atoms with Crippen molar-refractivity contribution in [3.05, 3.63) is 53.8 Å². The van der Waals surface area contributed by atoms with Crippen LogP contribution in [0.4, 0.5) is 10.1 Å². The molecular weight excluding hydrogens is 375 g/mol. The van der Waals surface area contributed by atoms with Crippen molar-refractivity contribution in [3.8, 4) is 11.5 Å². The average molecular weight is 398 g/mol. The monoisotopic (exact) mass is 398 g/mol. The van der Waals surface area contributed by atoms with Gasteiger partial charge in [-0.2, -0.15) is 0 Å². The van der Waals surface area contributed by atoms with Gasteiger partial charge in [0.1, 0.15) is 5.82 Å². The van der Waals surface area contributed by atoms with E-state index in [1.54, 1.807) is 29.2 Å². The van der Waals surface area contributed by atoms with Gasteiger partial charge in [-0.15, -0.1) is 0 Å². The van der Waals surface area contributed by atoms with Gasteiger partial charge >= 0.3 is 0 Å². The number of halogens is 1. The molecule has 0 aliphatic carbocycles. The molecule has 152 valence electrons. The molecule has 29 heavy (non-hydrogen) atoms. The van der Waals surface area contributed by atoms with E-state index in [1.807, 2.05) is 6.07 Å². The minimum absolute atomic E-state index is 0.0453. The molecule has 2 aliphatic heterocycles. The first-order chi connectivity index (χ1) is 14.1. The lowest BCUT2D eigenvalue weighted by molar-refractivity contribution is -0.134. The lowest BCUT2D eigenvalue weighted by Crippen LogP contribution is -2.41. The van der Waals surface area contributed by atoms with Crippen LogP contribution >= 0.6 is 0 Å². The SMILES string of the molecule is O=C(Nc1ccc2c(c1)OCO2)C1CCN(C(=O)CCc2cccc(F)c2)CC1. The smallest absolute Gasteiger partial charge is 0.231 e. The highest BCUT2D eigenvalue weighted by molar-refractivity contribution is 5.93. The molecule has 1 fully saturated rings. The molecule has 0 radical (unpaired) electrons. The van der Waals surface area contributed by atoms with Gasteiger partial charge in [0, 0.05) is 37.2 Å². The third-order valence-electron chi connectivity index (χ3n) is 5.38. The standard InChI is InChI=1S/C22H23FN2O4/c23-17-3-1-2-15(12-17)4-7-21(26)25-10-8-16(9-11-25)22(27)24-18-5-6-19-20(13-18)29-14-28-19/h1-3,5-6,12-13,16H,4,7-11,14H2,(H,24,27). The van der Waals surface area contributed by atoms with Gasteiger partial charge in [0.15, 0.2) is 11.5 Å². The van der Waals surface area contributed by atoms with E-state index >= 15 is 0 Å². The van der Waals surface area contributed by atoms with E-state index in [0.29, 0.717) is 56.0 Å². The summed E-state index contributed by atoms with van der Waals surface area (Å²) >= 11 is 0. The number of rotatable bonds is 5. The van der Waals surface area contributed by atoms with Gasteiger partial charge in [-0.1, -0.05) is 12.1 Å². The quantitative estimate of drug-likeness (QED) is 0.839. The summed E-state index contributed by atoms with van der Waals surface area (Å²) in [5.74, 6) is 0.881. The number of aryl methyl sites for hydroxylation is 1. The molecule has 0 spiro atoms. The number of piperidine rings is 1. The summed E-state index contributed by atoms with van der Waals surface area (Å²) in [7, 11) is 0. The third-order valence-corrected chi connectivity index (χ3v) is 5.38. The lowest BCUT2D eigenvalue weighted by Gasteiger charge is -2.31. The molecule has 2 aromatic rings. The van der Waals surface area contributed by atoms with Crippen molar-refractivity contribution in [2.75, 3.05) is 25.2 Å². The molecule has 2 aliphatic rings. The van der Waals surface area contributed by atoms with Crippen molar-refractivity contribution >= 4 is 17.5 Å². The predicted octanol–water partition coefficient (Wildman–Crippen LogP) is 3.36. The Morgan fingerprint density at radius 2 is 1.86 bits per heavy atom. The summed E-state index contributed by atoms with van der Waals surface area (Å²) in [5, 5.41) is 2.92. The van der Waals surface area contributed by atoms with E-state index in [2.05, 4.69) is 5.32 Å². The number of hydrogen-bond donors (Lipinski definition) is 1. The summed E-state index contributed by atoms with van der Waals surface area (Å²) in [5.41, 5.74) is 1.49. The predicted molar refractivity (Wildman–Crippen MR) is 105 cm³/mol. The van der Waals surface area contributed by atoms with E-state index in [1.165, 1.54) is 12.1 Å². The Morgan fingerprint density at radius 1 is 1.07 bits per heavy atom. The van der Waals surface area contributed by atoms with Crippen molar-refractivity contribution < 1.29 is 23.5 Å². The second-order valence-corrected chi connectivity index (χ2v) is 7.34. The molecular formula is C22H23FN2O4. The molecule has 0 aromatic heterocycles. The first kappa shape index (κ1) is 19.2. The van der Waals surface area contributed by atoms with Crippen LogP contribution in [-0.4, -0.2) is 36.6 Å². The number of carbonyl (C=O) groups is 2. The molecule has 2 heterocycles. The van der Waals surface area contributed by atoms with Gasteiger partial charge < -0.3 is 19.7 Å². The average Bonchev–Trinajstić information content (AvgIpc) is 3.20. The Balaban J connectivity index is 1.24. The van der Waals surface area contributed by atoms with Crippen LogP contribution in [0.15, 0.2) is 42.5 Å². The Morgan fingerprint density at radius 3 is 2.66 bits per heavy atom. The minimum atomic E-state index is -0.288. The van der Waals surface area contributed by atoms with Gasteiger partial charge in [0.25, 0.3) is 0 Å². The van der Waals surface area contributed by atoms with Crippen LogP contribution < -0.4 is 14.8 Å². The van der Waals surface area contributed by atoms with Gasteiger partial charge in [-0.25, -0.2) is 4.39 Å². The molecule has 0 atom stereocenters. The zero-order valence-corrected chi connectivity index (χ0v) is 16.0. The Bertz CT molecular complexity index is 909. The fourth-order valence-corrected chi connectivity index (χ4v) is 3.71. The molecule has 2 aromatic carbocycles. The number of anilines is 1. The van der Waals surface area contributed by atoms with Gasteiger partial charge in [-0.3, -0.25) is 9.59 Å². The molecule has 2 amide bonds.